The number of hydrogen-bond acceptors (Lipinski definition) is 2. The zero-order valence-electron chi connectivity index (χ0n) is 7.29. The lowest BCUT2D eigenvalue weighted by atomic mass is 9.83. The Labute approximate surface area is 73.5 Å². The van der Waals surface area contributed by atoms with Crippen LogP contribution in [0.15, 0.2) is 31.0 Å². The molecule has 0 bridgehead atoms. The van der Waals surface area contributed by atoms with E-state index in [-0.39, 0.29) is 13.2 Å². The van der Waals surface area contributed by atoms with Crippen molar-refractivity contribution >= 4 is 0 Å². The largest absolute Gasteiger partial charge is 0.396 e. The van der Waals surface area contributed by atoms with Gasteiger partial charge in [-0.15, -0.1) is 12.3 Å². The van der Waals surface area contributed by atoms with Crippen LogP contribution in [0.5, 0.6) is 0 Å². The van der Waals surface area contributed by atoms with Crippen molar-refractivity contribution in [3.05, 3.63) is 31.0 Å². The summed E-state index contributed by atoms with van der Waals surface area (Å²) in [6.07, 6.45) is 4.59. The summed E-state index contributed by atoms with van der Waals surface area (Å²) in [5.41, 5.74) is 2.14. The average Bonchev–Trinajstić information content (AvgIpc) is 2.13. The molecular formula is C10H16O2. The Hall–Kier alpha value is -0.820. The monoisotopic (exact) mass is 168 g/mol. The second kappa shape index (κ2) is 5.78. The van der Waals surface area contributed by atoms with E-state index in [1.165, 1.54) is 0 Å². The van der Waals surface area contributed by atoms with Gasteiger partial charge in [0.25, 0.3) is 0 Å². The predicted molar refractivity (Wildman–Crippen MR) is 49.7 cm³/mol. The minimum absolute atomic E-state index is 0.0479. The van der Waals surface area contributed by atoms with Crippen molar-refractivity contribution < 1.29 is 10.2 Å². The maximum Gasteiger partial charge on any atom is 0.0515 e. The minimum atomic E-state index is -0.480. The number of allylic oxidation sites excluding steroid dienone is 2. The first kappa shape index (κ1) is 11.2. The lowest BCUT2D eigenvalue weighted by Crippen LogP contribution is -2.28. The van der Waals surface area contributed by atoms with Crippen LogP contribution in [0, 0.1) is 5.41 Å². The summed E-state index contributed by atoms with van der Waals surface area (Å²) in [6, 6.07) is 0. The maximum absolute atomic E-state index is 9.06. The van der Waals surface area contributed by atoms with Crippen LogP contribution in [0.3, 0.4) is 0 Å². The molecule has 0 aromatic carbocycles. The van der Waals surface area contributed by atoms with Gasteiger partial charge in [-0.2, -0.15) is 0 Å². The molecule has 68 valence electrons. The van der Waals surface area contributed by atoms with Crippen LogP contribution in [0.1, 0.15) is 12.8 Å². The first-order chi connectivity index (χ1) is 5.74. The number of rotatable bonds is 6. The highest BCUT2D eigenvalue weighted by atomic mass is 16.3. The summed E-state index contributed by atoms with van der Waals surface area (Å²) in [5, 5.41) is 18.1. The second-order valence-electron chi connectivity index (χ2n) is 2.92. The smallest absolute Gasteiger partial charge is 0.0515 e. The molecule has 0 aliphatic heterocycles. The third kappa shape index (κ3) is 3.05. The highest BCUT2D eigenvalue weighted by Gasteiger charge is 2.25. The molecule has 2 N–H and O–H groups in total. The van der Waals surface area contributed by atoms with Crippen molar-refractivity contribution in [3.8, 4) is 0 Å². The number of aliphatic hydroxyl groups is 2. The van der Waals surface area contributed by atoms with Crippen molar-refractivity contribution in [3.63, 3.8) is 0 Å². The van der Waals surface area contributed by atoms with Crippen LogP contribution >= 0.6 is 0 Å². The zero-order valence-corrected chi connectivity index (χ0v) is 7.29. The van der Waals surface area contributed by atoms with E-state index in [9.17, 15) is 0 Å². The maximum atomic E-state index is 9.06. The van der Waals surface area contributed by atoms with Crippen molar-refractivity contribution in [2.45, 2.75) is 12.8 Å². The van der Waals surface area contributed by atoms with E-state index in [2.05, 4.69) is 18.9 Å². The average molecular weight is 168 g/mol. The number of hydrogen-bond donors (Lipinski definition) is 2. The van der Waals surface area contributed by atoms with Gasteiger partial charge in [0.2, 0.25) is 0 Å². The van der Waals surface area contributed by atoms with Crippen LogP contribution < -0.4 is 0 Å². The molecule has 0 radical (unpaired) electrons. The van der Waals surface area contributed by atoms with Gasteiger partial charge in [-0.1, -0.05) is 12.7 Å². The fourth-order valence-electron chi connectivity index (χ4n) is 0.986. The molecule has 12 heavy (non-hydrogen) atoms. The first-order valence-corrected chi connectivity index (χ1v) is 3.91. The molecule has 0 rings (SSSR count). The SMILES string of the molecule is C=C=CCC(CO)(CO)CC=C. The molecule has 0 aromatic rings. The van der Waals surface area contributed by atoms with E-state index in [1.807, 2.05) is 0 Å². The fourth-order valence-corrected chi connectivity index (χ4v) is 0.986. The van der Waals surface area contributed by atoms with Crippen LogP contribution in [0.4, 0.5) is 0 Å². The molecule has 0 aliphatic rings. The quantitative estimate of drug-likeness (QED) is 0.463. The van der Waals surface area contributed by atoms with E-state index in [4.69, 9.17) is 10.2 Å². The predicted octanol–water partition coefficient (Wildman–Crippen LogP) is 1.26. The molecule has 0 amide bonds. The molecule has 2 heteroatoms. The lowest BCUT2D eigenvalue weighted by molar-refractivity contribution is 0.0594. The van der Waals surface area contributed by atoms with Gasteiger partial charge >= 0.3 is 0 Å². The van der Waals surface area contributed by atoms with Gasteiger partial charge in [-0.3, -0.25) is 0 Å². The van der Waals surface area contributed by atoms with Crippen molar-refractivity contribution in [2.24, 2.45) is 5.41 Å². The molecule has 0 unspecified atom stereocenters. The third-order valence-corrected chi connectivity index (χ3v) is 1.93. The van der Waals surface area contributed by atoms with Gasteiger partial charge in [0.1, 0.15) is 0 Å². The van der Waals surface area contributed by atoms with Crippen LogP contribution in [-0.2, 0) is 0 Å². The number of aliphatic hydroxyl groups excluding tert-OH is 2. The van der Waals surface area contributed by atoms with Gasteiger partial charge in [0, 0.05) is 5.41 Å². The molecule has 0 aromatic heterocycles. The van der Waals surface area contributed by atoms with Crippen molar-refractivity contribution in [1.29, 1.82) is 0 Å². The third-order valence-electron chi connectivity index (χ3n) is 1.93. The van der Waals surface area contributed by atoms with Crippen LogP contribution in [0.2, 0.25) is 0 Å². The molecule has 0 spiro atoms. The highest BCUT2D eigenvalue weighted by molar-refractivity contribution is 4.92. The van der Waals surface area contributed by atoms with E-state index >= 15 is 0 Å². The Morgan fingerprint density at radius 3 is 2.17 bits per heavy atom. The summed E-state index contributed by atoms with van der Waals surface area (Å²) in [7, 11) is 0. The Balaban J connectivity index is 4.32. The second-order valence-corrected chi connectivity index (χ2v) is 2.92. The Morgan fingerprint density at radius 1 is 1.25 bits per heavy atom. The molecule has 0 saturated carbocycles. The van der Waals surface area contributed by atoms with Gasteiger partial charge in [0.05, 0.1) is 13.2 Å². The summed E-state index contributed by atoms with van der Waals surface area (Å²) in [5.74, 6) is 0. The molecule has 0 fully saturated rings. The lowest BCUT2D eigenvalue weighted by Gasteiger charge is -2.26. The van der Waals surface area contributed by atoms with Crippen molar-refractivity contribution in [2.75, 3.05) is 13.2 Å². The first-order valence-electron chi connectivity index (χ1n) is 3.91. The Bertz CT molecular complexity index is 174. The molecule has 0 heterocycles. The fraction of sp³-hybridized carbons (Fsp3) is 0.500. The van der Waals surface area contributed by atoms with Crippen molar-refractivity contribution in [1.82, 2.24) is 0 Å². The zero-order chi connectivity index (χ0) is 9.45. The van der Waals surface area contributed by atoms with Gasteiger partial charge < -0.3 is 10.2 Å². The van der Waals surface area contributed by atoms with Crippen LogP contribution in [0.25, 0.3) is 0 Å². The Kier molecular flexibility index (Phi) is 5.39. The summed E-state index contributed by atoms with van der Waals surface area (Å²) < 4.78 is 0. The molecule has 0 saturated heterocycles. The standard InChI is InChI=1S/C10H16O2/c1-3-5-7-10(8-11,9-12)6-4-2/h4-5,11-12H,1-2,6-9H2. The molecule has 0 aliphatic carbocycles. The Morgan fingerprint density at radius 2 is 1.83 bits per heavy atom. The molecule has 2 nitrogen and oxygen atoms in total. The molecular weight excluding hydrogens is 152 g/mol. The summed E-state index contributed by atoms with van der Waals surface area (Å²) in [4.78, 5) is 0. The van der Waals surface area contributed by atoms with E-state index < -0.39 is 5.41 Å². The van der Waals surface area contributed by atoms with E-state index in [1.54, 1.807) is 12.2 Å². The summed E-state index contributed by atoms with van der Waals surface area (Å²) >= 11 is 0. The van der Waals surface area contributed by atoms with E-state index in [0.717, 1.165) is 0 Å². The molecule has 0 atom stereocenters. The van der Waals surface area contributed by atoms with Crippen LogP contribution in [-0.4, -0.2) is 23.4 Å². The van der Waals surface area contributed by atoms with E-state index in [0.29, 0.717) is 12.8 Å². The van der Waals surface area contributed by atoms with Gasteiger partial charge in [-0.25, -0.2) is 0 Å². The summed E-state index contributed by atoms with van der Waals surface area (Å²) in [6.45, 7) is 6.90. The van der Waals surface area contributed by atoms with Gasteiger partial charge in [0.15, 0.2) is 0 Å². The minimum Gasteiger partial charge on any atom is -0.396 e. The van der Waals surface area contributed by atoms with Gasteiger partial charge in [-0.05, 0) is 18.9 Å². The highest BCUT2D eigenvalue weighted by Crippen LogP contribution is 2.26. The normalized spacial score (nSPS) is 10.5. The topological polar surface area (TPSA) is 40.5 Å².